The molecule has 0 spiro atoms. The van der Waals surface area contributed by atoms with Crippen LogP contribution in [0.15, 0.2) is 53.1 Å². The molecular formula is C18H16ClN3O3. The lowest BCUT2D eigenvalue weighted by Crippen LogP contribution is -2.28. The van der Waals surface area contributed by atoms with Gasteiger partial charge in [-0.2, -0.15) is 4.98 Å². The van der Waals surface area contributed by atoms with Gasteiger partial charge >= 0.3 is 0 Å². The number of carbonyl (C=O) groups is 1. The zero-order valence-corrected chi connectivity index (χ0v) is 14.3. The number of nitrogens with one attached hydrogen (secondary N) is 1. The Hall–Kier alpha value is -2.86. The van der Waals surface area contributed by atoms with Crippen molar-refractivity contribution in [2.75, 3.05) is 6.61 Å². The van der Waals surface area contributed by atoms with Crippen LogP contribution in [0, 0.1) is 6.92 Å². The molecule has 0 saturated heterocycles. The highest BCUT2D eigenvalue weighted by Crippen LogP contribution is 2.18. The van der Waals surface area contributed by atoms with Crippen molar-refractivity contribution in [1.29, 1.82) is 0 Å². The number of amides is 1. The molecule has 0 radical (unpaired) electrons. The number of aryl methyl sites for hydroxylation is 1. The lowest BCUT2D eigenvalue weighted by atomic mass is 10.2. The smallest absolute Gasteiger partial charge is 0.258 e. The normalized spacial score (nSPS) is 10.5. The number of rotatable bonds is 6. The van der Waals surface area contributed by atoms with Gasteiger partial charge in [-0.05, 0) is 48.9 Å². The van der Waals surface area contributed by atoms with Gasteiger partial charge in [0.25, 0.3) is 5.91 Å². The van der Waals surface area contributed by atoms with Crippen LogP contribution in [0.5, 0.6) is 5.75 Å². The van der Waals surface area contributed by atoms with Crippen LogP contribution in [0.3, 0.4) is 0 Å². The lowest BCUT2D eigenvalue weighted by molar-refractivity contribution is -0.123. The summed E-state index contributed by atoms with van der Waals surface area (Å²) in [6.45, 7) is 2.01. The van der Waals surface area contributed by atoms with Crippen LogP contribution < -0.4 is 10.1 Å². The first-order valence-electron chi connectivity index (χ1n) is 7.65. The van der Waals surface area contributed by atoms with Gasteiger partial charge in [0, 0.05) is 10.6 Å². The molecule has 0 unspecified atom stereocenters. The first-order chi connectivity index (χ1) is 12.1. The van der Waals surface area contributed by atoms with E-state index >= 15 is 0 Å². The summed E-state index contributed by atoms with van der Waals surface area (Å²) in [5, 5.41) is 7.19. The van der Waals surface area contributed by atoms with Crippen LogP contribution in [0.2, 0.25) is 5.02 Å². The maximum Gasteiger partial charge on any atom is 0.258 e. The van der Waals surface area contributed by atoms with Gasteiger partial charge in [0.05, 0.1) is 6.54 Å². The first-order valence-corrected chi connectivity index (χ1v) is 8.02. The fraction of sp³-hybridized carbons (Fsp3) is 0.167. The number of hydrogen-bond donors (Lipinski definition) is 1. The van der Waals surface area contributed by atoms with Crippen molar-refractivity contribution in [3.63, 3.8) is 0 Å². The van der Waals surface area contributed by atoms with E-state index in [0.29, 0.717) is 22.5 Å². The van der Waals surface area contributed by atoms with Gasteiger partial charge in [-0.15, -0.1) is 0 Å². The molecule has 0 fully saturated rings. The summed E-state index contributed by atoms with van der Waals surface area (Å²) in [5.41, 5.74) is 1.85. The van der Waals surface area contributed by atoms with Crippen LogP contribution in [0.25, 0.3) is 11.4 Å². The molecule has 0 aliphatic carbocycles. The van der Waals surface area contributed by atoms with Gasteiger partial charge in [0.15, 0.2) is 6.61 Å². The highest BCUT2D eigenvalue weighted by molar-refractivity contribution is 6.30. The van der Waals surface area contributed by atoms with E-state index in [4.69, 9.17) is 20.9 Å². The Labute approximate surface area is 149 Å². The maximum absolute atomic E-state index is 11.8. The van der Waals surface area contributed by atoms with Crippen LogP contribution in [-0.2, 0) is 11.3 Å². The minimum atomic E-state index is -0.271. The van der Waals surface area contributed by atoms with E-state index in [9.17, 15) is 4.79 Å². The molecule has 25 heavy (non-hydrogen) atoms. The molecule has 0 bridgehead atoms. The third-order valence-electron chi connectivity index (χ3n) is 3.37. The van der Waals surface area contributed by atoms with E-state index in [1.165, 1.54) is 0 Å². The average molecular weight is 358 g/mol. The first kappa shape index (κ1) is 17.0. The summed E-state index contributed by atoms with van der Waals surface area (Å²) < 4.78 is 10.6. The molecule has 0 aliphatic rings. The minimum absolute atomic E-state index is 0.0817. The fourth-order valence-electron chi connectivity index (χ4n) is 2.12. The number of hydrogen-bond acceptors (Lipinski definition) is 5. The molecule has 1 amide bonds. The van der Waals surface area contributed by atoms with Crippen LogP contribution >= 0.6 is 11.6 Å². The number of nitrogens with zero attached hydrogens (tertiary/aromatic N) is 2. The second-order valence-corrected chi connectivity index (χ2v) is 5.84. The lowest BCUT2D eigenvalue weighted by Gasteiger charge is -2.06. The van der Waals surface area contributed by atoms with Crippen LogP contribution in [0.1, 0.15) is 11.5 Å². The highest BCUT2D eigenvalue weighted by atomic mass is 35.5. The predicted molar refractivity (Wildman–Crippen MR) is 93.3 cm³/mol. The molecule has 0 saturated carbocycles. The third kappa shape index (κ3) is 4.81. The largest absolute Gasteiger partial charge is 0.484 e. The van der Waals surface area contributed by atoms with Crippen molar-refractivity contribution in [2.45, 2.75) is 13.5 Å². The Balaban J connectivity index is 1.50. The van der Waals surface area contributed by atoms with Gasteiger partial charge in [0.2, 0.25) is 11.7 Å². The van der Waals surface area contributed by atoms with E-state index < -0.39 is 0 Å². The number of halogens is 1. The van der Waals surface area contributed by atoms with E-state index in [1.807, 2.05) is 25.1 Å². The molecule has 0 aliphatic heterocycles. The Kier molecular flexibility index (Phi) is 5.30. The van der Waals surface area contributed by atoms with Gasteiger partial charge in [-0.25, -0.2) is 0 Å². The van der Waals surface area contributed by atoms with Crippen molar-refractivity contribution < 1.29 is 14.1 Å². The Morgan fingerprint density at radius 3 is 2.80 bits per heavy atom. The van der Waals surface area contributed by atoms with Crippen molar-refractivity contribution in [3.05, 3.63) is 65.0 Å². The van der Waals surface area contributed by atoms with E-state index in [0.717, 1.165) is 11.1 Å². The molecule has 2 aromatic carbocycles. The average Bonchev–Trinajstić information content (AvgIpc) is 3.08. The number of carbonyl (C=O) groups excluding carboxylic acids is 1. The zero-order valence-electron chi connectivity index (χ0n) is 13.5. The summed E-state index contributed by atoms with van der Waals surface area (Å²) in [4.78, 5) is 16.1. The minimum Gasteiger partial charge on any atom is -0.484 e. The molecule has 7 heteroatoms. The summed E-state index contributed by atoms with van der Waals surface area (Å²) in [5.74, 6) is 1.14. The molecule has 3 aromatic rings. The van der Waals surface area contributed by atoms with Crippen LogP contribution in [0.4, 0.5) is 0 Å². The Morgan fingerprint density at radius 2 is 2.04 bits per heavy atom. The highest BCUT2D eigenvalue weighted by Gasteiger charge is 2.10. The predicted octanol–water partition coefficient (Wildman–Crippen LogP) is 3.39. The Morgan fingerprint density at radius 1 is 1.24 bits per heavy atom. The van der Waals surface area contributed by atoms with Crippen molar-refractivity contribution in [2.24, 2.45) is 0 Å². The standard InChI is InChI=1S/C18H16ClN3O3/c1-12-3-2-4-15(9-12)24-11-16(23)20-10-17-21-18(22-25-17)13-5-7-14(19)8-6-13/h2-9H,10-11H2,1H3,(H,20,23). The van der Waals surface area contributed by atoms with Gasteiger partial charge in [-0.3, -0.25) is 4.79 Å². The summed E-state index contributed by atoms with van der Waals surface area (Å²) in [7, 11) is 0. The molecule has 1 heterocycles. The van der Waals surface area contributed by atoms with E-state index in [-0.39, 0.29) is 19.1 Å². The third-order valence-corrected chi connectivity index (χ3v) is 3.62. The summed E-state index contributed by atoms with van der Waals surface area (Å²) >= 11 is 5.85. The molecular weight excluding hydrogens is 342 g/mol. The van der Waals surface area contributed by atoms with Gasteiger partial charge < -0.3 is 14.6 Å². The van der Waals surface area contributed by atoms with Gasteiger partial charge in [0.1, 0.15) is 5.75 Å². The monoisotopic (exact) mass is 357 g/mol. The van der Waals surface area contributed by atoms with Gasteiger partial charge in [-0.1, -0.05) is 28.9 Å². The molecule has 128 valence electrons. The van der Waals surface area contributed by atoms with E-state index in [1.54, 1.807) is 30.3 Å². The summed E-state index contributed by atoms with van der Waals surface area (Å²) in [6.07, 6.45) is 0. The second kappa shape index (κ2) is 7.81. The SMILES string of the molecule is Cc1cccc(OCC(=O)NCc2nc(-c3ccc(Cl)cc3)no2)c1. The van der Waals surface area contributed by atoms with Crippen molar-refractivity contribution >= 4 is 17.5 Å². The number of ether oxygens (including phenoxy) is 1. The molecule has 1 aromatic heterocycles. The van der Waals surface area contributed by atoms with Crippen molar-refractivity contribution in [3.8, 4) is 17.1 Å². The number of benzene rings is 2. The topological polar surface area (TPSA) is 77.2 Å². The fourth-order valence-corrected chi connectivity index (χ4v) is 2.25. The molecule has 6 nitrogen and oxygen atoms in total. The van der Waals surface area contributed by atoms with E-state index in [2.05, 4.69) is 15.5 Å². The zero-order chi connectivity index (χ0) is 17.6. The number of aromatic nitrogens is 2. The molecule has 3 rings (SSSR count). The quantitative estimate of drug-likeness (QED) is 0.731. The Bertz CT molecular complexity index is 862. The molecule has 1 N–H and O–H groups in total. The van der Waals surface area contributed by atoms with Crippen LogP contribution in [-0.4, -0.2) is 22.7 Å². The maximum atomic E-state index is 11.8. The summed E-state index contributed by atoms with van der Waals surface area (Å²) in [6, 6.07) is 14.6. The second-order valence-electron chi connectivity index (χ2n) is 5.40. The van der Waals surface area contributed by atoms with Crippen molar-refractivity contribution in [1.82, 2.24) is 15.5 Å². The molecule has 0 atom stereocenters.